The molecule has 3 aromatic heterocycles. The van der Waals surface area contributed by atoms with Crippen LogP contribution in [0.1, 0.15) is 25.3 Å². The zero-order chi connectivity index (χ0) is 40.4. The second-order valence-corrected chi connectivity index (χ2v) is 16.3. The molecule has 0 aliphatic rings. The van der Waals surface area contributed by atoms with E-state index in [9.17, 15) is 0 Å². The van der Waals surface area contributed by atoms with E-state index in [4.69, 9.17) is 4.42 Å². The first-order chi connectivity index (χ1) is 30.2. The van der Waals surface area contributed by atoms with Crippen LogP contribution in [0.25, 0.3) is 110 Å². The maximum absolute atomic E-state index is 6.50. The molecule has 0 aliphatic heterocycles. The molecular weight excluding hydrogens is 741 g/mol. The Morgan fingerprint density at radius 3 is 1.66 bits per heavy atom. The lowest BCUT2D eigenvalue weighted by Gasteiger charge is -2.11. The van der Waals surface area contributed by atoms with Crippen molar-refractivity contribution < 1.29 is 4.42 Å². The topological polar surface area (TPSA) is 23.0 Å². The van der Waals surface area contributed by atoms with Gasteiger partial charge in [0, 0.05) is 32.6 Å². The van der Waals surface area contributed by atoms with E-state index in [1.54, 1.807) is 0 Å². The Labute approximate surface area is 354 Å². The monoisotopic (exact) mass is 782 g/mol. The molecule has 0 fully saturated rings. The normalized spacial score (nSPS) is 11.9. The molecule has 0 N–H and O–H groups in total. The smallest absolute Gasteiger partial charge is 0.137 e. The lowest BCUT2D eigenvalue weighted by molar-refractivity contribution is 0.669. The first kappa shape index (κ1) is 35.3. The number of aryl methyl sites for hydroxylation is 1. The Hall–Kier alpha value is -7.62. The molecule has 12 rings (SSSR count). The number of furan rings is 1. The van der Waals surface area contributed by atoms with Gasteiger partial charge in [0.1, 0.15) is 11.2 Å². The number of benzene rings is 9. The molecule has 0 amide bonds. The highest BCUT2D eigenvalue weighted by molar-refractivity contribution is 6.16. The van der Waals surface area contributed by atoms with Crippen molar-refractivity contribution in [3.63, 3.8) is 0 Å². The molecule has 0 bridgehead atoms. The van der Waals surface area contributed by atoms with E-state index in [-0.39, 0.29) is 0 Å². The van der Waals surface area contributed by atoms with Crippen molar-refractivity contribution in [2.24, 2.45) is 0 Å². The van der Waals surface area contributed by atoms with Crippen molar-refractivity contribution in [2.75, 3.05) is 0 Å². The summed E-state index contributed by atoms with van der Waals surface area (Å²) >= 11 is 0. The van der Waals surface area contributed by atoms with E-state index in [1.807, 2.05) is 0 Å². The number of para-hydroxylation sites is 2. The zero-order valence-corrected chi connectivity index (χ0v) is 34.0. The minimum atomic E-state index is 0.885. The van der Waals surface area contributed by atoms with Crippen LogP contribution in [0, 0.1) is 0 Å². The molecule has 0 radical (unpaired) electrons. The number of rotatable bonds is 8. The van der Waals surface area contributed by atoms with Crippen molar-refractivity contribution in [2.45, 2.75) is 26.2 Å². The first-order valence-corrected chi connectivity index (χ1v) is 21.5. The lowest BCUT2D eigenvalue weighted by atomic mass is 10.0. The number of hydrogen-bond donors (Lipinski definition) is 0. The number of hydrogen-bond acceptors (Lipinski definition) is 1. The summed E-state index contributed by atoms with van der Waals surface area (Å²) in [5.41, 5.74) is 17.4. The average Bonchev–Trinajstić information content (AvgIpc) is 3.98. The summed E-state index contributed by atoms with van der Waals surface area (Å²) in [6, 6.07) is 73.2. The van der Waals surface area contributed by atoms with Gasteiger partial charge in [0.25, 0.3) is 0 Å². The SMILES string of the molecule is CCCCc1ccc(-c2cccc(-n3c4ccccc4c4cc(-c5ccc6c(c5)c5ccccc5n6-c5cccc6oc7ccc(-c8ccccc8)cc7c56)ccc43)c2)cc1. The predicted octanol–water partition coefficient (Wildman–Crippen LogP) is 16.1. The largest absolute Gasteiger partial charge is 0.456 e. The second-order valence-electron chi connectivity index (χ2n) is 16.3. The van der Waals surface area contributed by atoms with Crippen molar-refractivity contribution >= 4 is 65.6 Å². The minimum absolute atomic E-state index is 0.885. The Bertz CT molecular complexity index is 3620. The van der Waals surface area contributed by atoms with Gasteiger partial charge >= 0.3 is 0 Å². The van der Waals surface area contributed by atoms with Crippen LogP contribution in [0.2, 0.25) is 0 Å². The third kappa shape index (κ3) is 5.80. The zero-order valence-electron chi connectivity index (χ0n) is 34.0. The lowest BCUT2D eigenvalue weighted by Crippen LogP contribution is -1.95. The summed E-state index contributed by atoms with van der Waals surface area (Å²) in [6.45, 7) is 2.25. The Kier molecular flexibility index (Phi) is 8.28. The van der Waals surface area contributed by atoms with Gasteiger partial charge in [-0.2, -0.15) is 0 Å². The van der Waals surface area contributed by atoms with E-state index >= 15 is 0 Å². The number of aromatic nitrogens is 2. The maximum Gasteiger partial charge on any atom is 0.137 e. The Balaban J connectivity index is 0.982. The molecule has 3 nitrogen and oxygen atoms in total. The minimum Gasteiger partial charge on any atom is -0.456 e. The van der Waals surface area contributed by atoms with Gasteiger partial charge in [-0.3, -0.25) is 0 Å². The summed E-state index contributed by atoms with van der Waals surface area (Å²) in [4.78, 5) is 0. The highest BCUT2D eigenvalue weighted by Crippen LogP contribution is 2.42. The molecular formula is C58H42N2O. The van der Waals surface area contributed by atoms with Gasteiger partial charge in [-0.05, 0) is 125 Å². The summed E-state index contributed by atoms with van der Waals surface area (Å²) in [5.74, 6) is 0. The van der Waals surface area contributed by atoms with Gasteiger partial charge in [0.05, 0.1) is 33.1 Å². The van der Waals surface area contributed by atoms with Gasteiger partial charge < -0.3 is 13.6 Å². The molecule has 3 heterocycles. The van der Waals surface area contributed by atoms with Crippen molar-refractivity contribution in [1.82, 2.24) is 9.13 Å². The van der Waals surface area contributed by atoms with Crippen LogP contribution in [0.4, 0.5) is 0 Å². The molecule has 3 heteroatoms. The molecule has 290 valence electrons. The van der Waals surface area contributed by atoms with Crippen LogP contribution in [0.3, 0.4) is 0 Å². The van der Waals surface area contributed by atoms with Gasteiger partial charge in [0.15, 0.2) is 0 Å². The van der Waals surface area contributed by atoms with Crippen LogP contribution in [-0.4, -0.2) is 9.13 Å². The molecule has 12 aromatic rings. The second kappa shape index (κ2) is 14.3. The van der Waals surface area contributed by atoms with Crippen molar-refractivity contribution in [1.29, 1.82) is 0 Å². The summed E-state index contributed by atoms with van der Waals surface area (Å²) < 4.78 is 11.4. The highest BCUT2D eigenvalue weighted by Gasteiger charge is 2.20. The van der Waals surface area contributed by atoms with Crippen LogP contribution >= 0.6 is 0 Å². The molecule has 0 aliphatic carbocycles. The van der Waals surface area contributed by atoms with Gasteiger partial charge in [-0.15, -0.1) is 0 Å². The summed E-state index contributed by atoms with van der Waals surface area (Å²) in [6.07, 6.45) is 3.57. The van der Waals surface area contributed by atoms with Gasteiger partial charge in [-0.1, -0.05) is 141 Å². The Morgan fingerprint density at radius 1 is 0.377 bits per heavy atom. The third-order valence-corrected chi connectivity index (χ3v) is 12.7. The van der Waals surface area contributed by atoms with Crippen LogP contribution in [0.15, 0.2) is 205 Å². The highest BCUT2D eigenvalue weighted by atomic mass is 16.3. The quantitative estimate of drug-likeness (QED) is 0.151. The van der Waals surface area contributed by atoms with E-state index < -0.39 is 0 Å². The van der Waals surface area contributed by atoms with E-state index in [2.05, 4.69) is 216 Å². The first-order valence-electron chi connectivity index (χ1n) is 21.5. The molecule has 9 aromatic carbocycles. The molecule has 0 unspecified atom stereocenters. The Morgan fingerprint density at radius 2 is 0.918 bits per heavy atom. The predicted molar refractivity (Wildman–Crippen MR) is 257 cm³/mol. The molecule has 0 atom stereocenters. The van der Waals surface area contributed by atoms with Gasteiger partial charge in [-0.25, -0.2) is 0 Å². The third-order valence-electron chi connectivity index (χ3n) is 12.7. The molecule has 61 heavy (non-hydrogen) atoms. The van der Waals surface area contributed by atoms with E-state index in [0.717, 1.165) is 39.7 Å². The fourth-order valence-electron chi connectivity index (χ4n) is 9.72. The summed E-state index contributed by atoms with van der Waals surface area (Å²) in [5, 5.41) is 7.18. The molecule has 0 saturated heterocycles. The fourth-order valence-corrected chi connectivity index (χ4v) is 9.72. The van der Waals surface area contributed by atoms with E-state index in [0.29, 0.717) is 0 Å². The fraction of sp³-hybridized carbons (Fsp3) is 0.0690. The van der Waals surface area contributed by atoms with E-state index in [1.165, 1.54) is 95.4 Å². The summed E-state index contributed by atoms with van der Waals surface area (Å²) in [7, 11) is 0. The van der Waals surface area contributed by atoms with Crippen molar-refractivity contribution in [3.05, 3.63) is 206 Å². The van der Waals surface area contributed by atoms with Crippen molar-refractivity contribution in [3.8, 4) is 44.8 Å². The number of nitrogens with zero attached hydrogens (tertiary/aromatic N) is 2. The number of unbranched alkanes of at least 4 members (excludes halogenated alkanes) is 1. The molecule has 0 saturated carbocycles. The van der Waals surface area contributed by atoms with Crippen LogP contribution in [0.5, 0.6) is 0 Å². The average molecular weight is 783 g/mol. The van der Waals surface area contributed by atoms with Crippen LogP contribution in [-0.2, 0) is 6.42 Å². The standard InChI is InChI=1S/C58H42N2O/c1-2-3-13-38-24-26-40(27-25-38)41-16-11-17-45(34-41)59-51-20-9-7-18-46(51)48-35-43(28-31-53(48)59)44-29-32-54-49(36-44)47-19-8-10-21-52(47)60(54)55-22-12-23-57-58(55)50-37-42(30-33-56(50)61-57)39-14-5-4-6-15-39/h4-12,14-37H,2-3,13H2,1H3. The van der Waals surface area contributed by atoms with Crippen LogP contribution < -0.4 is 0 Å². The maximum atomic E-state index is 6.50. The number of fused-ring (bicyclic) bond motifs is 9. The van der Waals surface area contributed by atoms with Gasteiger partial charge in [0.2, 0.25) is 0 Å². The molecule has 0 spiro atoms.